The van der Waals surface area contributed by atoms with Gasteiger partial charge in [-0.2, -0.15) is 4.98 Å². The van der Waals surface area contributed by atoms with E-state index in [-0.39, 0.29) is 11.8 Å². The Kier molecular flexibility index (Phi) is 2.40. The smallest absolute Gasteiger partial charge is 0.292 e. The molecule has 0 atom stereocenters. The third-order valence-corrected chi connectivity index (χ3v) is 2.70. The van der Waals surface area contributed by atoms with Crippen molar-refractivity contribution in [3.63, 3.8) is 0 Å². The van der Waals surface area contributed by atoms with Crippen LogP contribution in [0.5, 0.6) is 5.75 Å². The van der Waals surface area contributed by atoms with Crippen molar-refractivity contribution in [2.75, 3.05) is 5.73 Å². The number of nitrogens with two attached hydrogens (primary N) is 1. The molecule has 1 aromatic heterocycles. The minimum atomic E-state index is 0.130. The number of benzene rings is 1. The molecule has 78 valence electrons. The van der Waals surface area contributed by atoms with Crippen LogP contribution in [0.3, 0.4) is 0 Å². The van der Waals surface area contributed by atoms with Crippen LogP contribution in [-0.4, -0.2) is 10.1 Å². The summed E-state index contributed by atoms with van der Waals surface area (Å²) >= 11 is 3.21. The summed E-state index contributed by atoms with van der Waals surface area (Å²) in [7, 11) is 0. The summed E-state index contributed by atoms with van der Waals surface area (Å²) in [6.07, 6.45) is 0. The Balaban J connectivity index is 2.54. The summed E-state index contributed by atoms with van der Waals surface area (Å²) in [5.41, 5.74) is 6.86. The van der Waals surface area contributed by atoms with Crippen molar-refractivity contribution >= 4 is 21.9 Å². The molecule has 4 nitrogen and oxygen atoms in total. The minimum Gasteiger partial charge on any atom is -0.507 e. The van der Waals surface area contributed by atoms with Crippen LogP contribution in [-0.2, 0) is 0 Å². The van der Waals surface area contributed by atoms with Gasteiger partial charge in [0.15, 0.2) is 0 Å². The Labute approximate surface area is 94.9 Å². The number of halogens is 1. The third-order valence-electron chi connectivity index (χ3n) is 2.03. The second-order valence-corrected chi connectivity index (χ2v) is 3.98. The van der Waals surface area contributed by atoms with Crippen LogP contribution in [0, 0.1) is 6.92 Å². The third kappa shape index (κ3) is 1.83. The summed E-state index contributed by atoms with van der Waals surface area (Å²) in [5.74, 6) is 0.794. The molecule has 0 aliphatic heterocycles. The first-order valence-corrected chi connectivity index (χ1v) is 5.09. The first kappa shape index (κ1) is 10.0. The summed E-state index contributed by atoms with van der Waals surface area (Å²) < 4.78 is 5.75. The first-order valence-electron chi connectivity index (χ1n) is 4.29. The first-order chi connectivity index (χ1) is 7.08. The van der Waals surface area contributed by atoms with Crippen LogP contribution >= 0.6 is 15.9 Å². The standard InChI is InChI=1S/C10H9BrN2O2/c1-5-9(13-10(12)15-5)6-2-3-7(11)8(14)4-6/h2-4,14H,1H3,(H2,12,13). The topological polar surface area (TPSA) is 72.3 Å². The highest BCUT2D eigenvalue weighted by Gasteiger charge is 2.10. The fourth-order valence-corrected chi connectivity index (χ4v) is 1.59. The molecule has 0 unspecified atom stereocenters. The molecular weight excluding hydrogens is 260 g/mol. The Bertz CT molecular complexity index is 508. The van der Waals surface area contributed by atoms with E-state index in [0.29, 0.717) is 15.9 Å². The van der Waals surface area contributed by atoms with Gasteiger partial charge in [0.05, 0.1) is 4.47 Å². The quantitative estimate of drug-likeness (QED) is 0.834. The highest BCUT2D eigenvalue weighted by molar-refractivity contribution is 9.10. The van der Waals surface area contributed by atoms with Gasteiger partial charge in [-0.3, -0.25) is 0 Å². The van der Waals surface area contributed by atoms with Crippen LogP contribution < -0.4 is 5.73 Å². The molecule has 2 aromatic rings. The lowest BCUT2D eigenvalue weighted by molar-refractivity contribution is 0.472. The van der Waals surface area contributed by atoms with E-state index in [1.807, 2.05) is 6.07 Å². The molecule has 0 spiro atoms. The van der Waals surface area contributed by atoms with Crippen LogP contribution in [0.25, 0.3) is 11.3 Å². The van der Waals surface area contributed by atoms with Gasteiger partial charge in [0, 0.05) is 5.56 Å². The molecule has 0 aliphatic carbocycles. The predicted molar refractivity (Wildman–Crippen MR) is 60.5 cm³/mol. The fourth-order valence-electron chi connectivity index (χ4n) is 1.34. The number of hydrogen-bond donors (Lipinski definition) is 2. The van der Waals surface area contributed by atoms with Gasteiger partial charge in [-0.05, 0) is 35.0 Å². The maximum Gasteiger partial charge on any atom is 0.292 e. The van der Waals surface area contributed by atoms with Crippen LogP contribution in [0.2, 0.25) is 0 Å². The molecule has 0 radical (unpaired) electrons. The van der Waals surface area contributed by atoms with Crippen molar-refractivity contribution < 1.29 is 9.52 Å². The maximum absolute atomic E-state index is 9.52. The average Bonchev–Trinajstić information content (AvgIpc) is 2.50. The second kappa shape index (κ2) is 3.58. The van der Waals surface area contributed by atoms with E-state index in [0.717, 1.165) is 5.56 Å². The van der Waals surface area contributed by atoms with Gasteiger partial charge in [-0.1, -0.05) is 6.07 Å². The normalized spacial score (nSPS) is 10.5. The summed E-state index contributed by atoms with van der Waals surface area (Å²) in [6.45, 7) is 1.78. The van der Waals surface area contributed by atoms with Crippen molar-refractivity contribution in [1.29, 1.82) is 0 Å². The summed E-state index contributed by atoms with van der Waals surface area (Å²) in [4.78, 5) is 4.04. The number of oxazole rings is 1. The maximum atomic E-state index is 9.52. The van der Waals surface area contributed by atoms with Gasteiger partial charge in [-0.15, -0.1) is 0 Å². The Morgan fingerprint density at radius 3 is 2.73 bits per heavy atom. The molecule has 1 aromatic carbocycles. The summed E-state index contributed by atoms with van der Waals surface area (Å²) in [5, 5.41) is 9.52. The molecule has 1 heterocycles. The van der Waals surface area contributed by atoms with Crippen molar-refractivity contribution in [3.8, 4) is 17.0 Å². The van der Waals surface area contributed by atoms with Crippen molar-refractivity contribution in [2.24, 2.45) is 0 Å². The molecule has 0 bridgehead atoms. The van der Waals surface area contributed by atoms with Crippen molar-refractivity contribution in [1.82, 2.24) is 4.98 Å². The number of aromatic hydroxyl groups is 1. The van der Waals surface area contributed by atoms with Gasteiger partial charge >= 0.3 is 0 Å². The minimum absolute atomic E-state index is 0.130. The molecule has 0 aliphatic rings. The zero-order chi connectivity index (χ0) is 11.0. The lowest BCUT2D eigenvalue weighted by atomic mass is 10.1. The van der Waals surface area contributed by atoms with E-state index in [2.05, 4.69) is 20.9 Å². The van der Waals surface area contributed by atoms with Crippen LogP contribution in [0.1, 0.15) is 5.76 Å². The Morgan fingerprint density at radius 2 is 2.20 bits per heavy atom. The lowest BCUT2D eigenvalue weighted by Gasteiger charge is -2.00. The molecule has 2 rings (SSSR count). The molecule has 0 saturated carbocycles. The Morgan fingerprint density at radius 1 is 1.47 bits per heavy atom. The zero-order valence-electron chi connectivity index (χ0n) is 7.99. The monoisotopic (exact) mass is 268 g/mol. The van der Waals surface area contributed by atoms with Crippen molar-refractivity contribution in [3.05, 3.63) is 28.4 Å². The molecular formula is C10H9BrN2O2. The molecule has 15 heavy (non-hydrogen) atoms. The van der Waals surface area contributed by atoms with Crippen LogP contribution in [0.4, 0.5) is 6.01 Å². The van der Waals surface area contributed by atoms with E-state index >= 15 is 0 Å². The molecule has 3 N–H and O–H groups in total. The van der Waals surface area contributed by atoms with E-state index in [4.69, 9.17) is 10.2 Å². The number of nitrogens with zero attached hydrogens (tertiary/aromatic N) is 1. The Hall–Kier alpha value is -1.49. The average molecular weight is 269 g/mol. The predicted octanol–water partition coefficient (Wildman–Crippen LogP) is 2.70. The van der Waals surface area contributed by atoms with Gasteiger partial charge in [0.25, 0.3) is 6.01 Å². The van der Waals surface area contributed by atoms with E-state index in [1.54, 1.807) is 19.1 Å². The molecule has 0 fully saturated rings. The fraction of sp³-hybridized carbons (Fsp3) is 0.100. The summed E-state index contributed by atoms with van der Waals surface area (Å²) in [6, 6.07) is 5.31. The number of anilines is 1. The van der Waals surface area contributed by atoms with Gasteiger partial charge < -0.3 is 15.3 Å². The number of rotatable bonds is 1. The van der Waals surface area contributed by atoms with E-state index in [9.17, 15) is 5.11 Å². The van der Waals surface area contributed by atoms with Gasteiger partial charge in [0.2, 0.25) is 0 Å². The largest absolute Gasteiger partial charge is 0.507 e. The number of hydrogen-bond acceptors (Lipinski definition) is 4. The number of aromatic nitrogens is 1. The number of phenolic OH excluding ortho intramolecular Hbond substituents is 1. The van der Waals surface area contributed by atoms with Crippen molar-refractivity contribution in [2.45, 2.75) is 6.92 Å². The SMILES string of the molecule is Cc1oc(N)nc1-c1ccc(Br)c(O)c1. The highest BCUT2D eigenvalue weighted by atomic mass is 79.9. The van der Waals surface area contributed by atoms with Gasteiger partial charge in [0.1, 0.15) is 17.2 Å². The zero-order valence-corrected chi connectivity index (χ0v) is 9.58. The lowest BCUT2D eigenvalue weighted by Crippen LogP contribution is -1.84. The highest BCUT2D eigenvalue weighted by Crippen LogP contribution is 2.31. The second-order valence-electron chi connectivity index (χ2n) is 3.12. The molecule has 0 amide bonds. The number of aryl methyl sites for hydroxylation is 1. The molecule has 5 heteroatoms. The van der Waals surface area contributed by atoms with E-state index in [1.165, 1.54) is 0 Å². The number of nitrogen functional groups attached to an aromatic ring is 1. The molecule has 0 saturated heterocycles. The van der Waals surface area contributed by atoms with Crippen LogP contribution in [0.15, 0.2) is 27.1 Å². The van der Waals surface area contributed by atoms with E-state index < -0.39 is 0 Å². The van der Waals surface area contributed by atoms with Gasteiger partial charge in [-0.25, -0.2) is 0 Å². The number of phenols is 1.